The molecular formula is C16H18O4. The number of para-hydroxylation sites is 1. The molecule has 1 aromatic carbocycles. The average Bonchev–Trinajstić information content (AvgIpc) is 3.10. The third kappa shape index (κ3) is 1.67. The summed E-state index contributed by atoms with van der Waals surface area (Å²) in [7, 11) is 0. The largest absolute Gasteiger partial charge is 0.490 e. The molecule has 4 rings (SSSR count). The average molecular weight is 274 g/mol. The minimum Gasteiger partial charge on any atom is -0.490 e. The molecular weight excluding hydrogens is 256 g/mol. The summed E-state index contributed by atoms with van der Waals surface area (Å²) in [5.74, 6) is 0.186. The van der Waals surface area contributed by atoms with E-state index in [1.54, 1.807) is 0 Å². The van der Waals surface area contributed by atoms with Crippen LogP contribution in [0.25, 0.3) is 0 Å². The molecule has 3 aliphatic heterocycles. The van der Waals surface area contributed by atoms with Gasteiger partial charge in [-0.25, -0.2) is 0 Å². The molecule has 20 heavy (non-hydrogen) atoms. The number of carboxylic acids is 1. The number of hydrogen-bond acceptors (Lipinski definition) is 3. The predicted molar refractivity (Wildman–Crippen MR) is 71.8 cm³/mol. The highest BCUT2D eigenvalue weighted by atomic mass is 16.5. The quantitative estimate of drug-likeness (QED) is 0.919. The fraction of sp³-hybridized carbons (Fsp3) is 0.562. The molecule has 2 bridgehead atoms. The van der Waals surface area contributed by atoms with Gasteiger partial charge in [0.25, 0.3) is 0 Å². The van der Waals surface area contributed by atoms with E-state index >= 15 is 0 Å². The third-order valence-electron chi connectivity index (χ3n) is 5.05. The van der Waals surface area contributed by atoms with E-state index in [2.05, 4.69) is 6.07 Å². The van der Waals surface area contributed by atoms with Gasteiger partial charge in [-0.15, -0.1) is 0 Å². The molecule has 2 fully saturated rings. The number of fused-ring (bicyclic) bond motifs is 3. The lowest BCUT2D eigenvalue weighted by Crippen LogP contribution is -2.43. The van der Waals surface area contributed by atoms with Gasteiger partial charge in [-0.2, -0.15) is 0 Å². The number of carbonyl (C=O) groups is 1. The monoisotopic (exact) mass is 274 g/mol. The smallest absolute Gasteiger partial charge is 0.312 e. The number of rotatable bonds is 3. The van der Waals surface area contributed by atoms with Crippen molar-refractivity contribution in [3.8, 4) is 5.75 Å². The van der Waals surface area contributed by atoms with E-state index in [9.17, 15) is 9.90 Å². The zero-order chi connectivity index (χ0) is 13.7. The van der Waals surface area contributed by atoms with Gasteiger partial charge in [0, 0.05) is 12.8 Å². The number of ether oxygens (including phenoxy) is 2. The fourth-order valence-corrected chi connectivity index (χ4v) is 4.10. The molecule has 1 N–H and O–H groups in total. The van der Waals surface area contributed by atoms with Gasteiger partial charge in [-0.1, -0.05) is 18.2 Å². The maximum absolute atomic E-state index is 11.8. The van der Waals surface area contributed by atoms with Crippen molar-refractivity contribution >= 4 is 5.97 Å². The molecule has 3 heterocycles. The van der Waals surface area contributed by atoms with Crippen LogP contribution in [0.2, 0.25) is 0 Å². The van der Waals surface area contributed by atoms with E-state index in [0.29, 0.717) is 12.8 Å². The topological polar surface area (TPSA) is 55.8 Å². The second-order valence-corrected chi connectivity index (χ2v) is 6.25. The van der Waals surface area contributed by atoms with Crippen LogP contribution in [0.1, 0.15) is 31.2 Å². The highest BCUT2D eigenvalue weighted by molar-refractivity contribution is 5.76. The molecule has 0 spiro atoms. The van der Waals surface area contributed by atoms with E-state index in [0.717, 1.165) is 25.0 Å². The molecule has 2 saturated heterocycles. The van der Waals surface area contributed by atoms with Gasteiger partial charge >= 0.3 is 5.97 Å². The van der Waals surface area contributed by atoms with E-state index in [4.69, 9.17) is 9.47 Å². The Morgan fingerprint density at radius 3 is 2.85 bits per heavy atom. The van der Waals surface area contributed by atoms with Crippen molar-refractivity contribution in [1.29, 1.82) is 0 Å². The first-order chi connectivity index (χ1) is 9.67. The maximum atomic E-state index is 11.8. The Labute approximate surface area is 117 Å². The number of benzene rings is 1. The maximum Gasteiger partial charge on any atom is 0.312 e. The normalized spacial score (nSPS) is 37.7. The van der Waals surface area contributed by atoms with Crippen LogP contribution in [-0.4, -0.2) is 29.4 Å². The van der Waals surface area contributed by atoms with E-state index in [1.165, 1.54) is 5.56 Å². The van der Waals surface area contributed by atoms with Crippen molar-refractivity contribution in [2.24, 2.45) is 5.41 Å². The highest BCUT2D eigenvalue weighted by Gasteiger charge is 2.58. The Hall–Kier alpha value is -1.55. The zero-order valence-corrected chi connectivity index (χ0v) is 11.2. The van der Waals surface area contributed by atoms with Crippen molar-refractivity contribution in [3.05, 3.63) is 29.8 Å². The van der Waals surface area contributed by atoms with Crippen LogP contribution < -0.4 is 4.74 Å². The summed E-state index contributed by atoms with van der Waals surface area (Å²) in [6.07, 6.45) is 3.86. The lowest BCUT2D eigenvalue weighted by atomic mass is 9.70. The van der Waals surface area contributed by atoms with Crippen LogP contribution in [0.3, 0.4) is 0 Å². The van der Waals surface area contributed by atoms with Crippen molar-refractivity contribution in [2.75, 3.05) is 0 Å². The minimum absolute atomic E-state index is 0.0357. The van der Waals surface area contributed by atoms with Gasteiger partial charge in [0.1, 0.15) is 11.9 Å². The van der Waals surface area contributed by atoms with E-state index in [1.807, 2.05) is 18.2 Å². The zero-order valence-electron chi connectivity index (χ0n) is 11.2. The Kier molecular flexibility index (Phi) is 2.58. The summed E-state index contributed by atoms with van der Waals surface area (Å²) < 4.78 is 11.7. The Morgan fingerprint density at radius 2 is 2.20 bits per heavy atom. The summed E-state index contributed by atoms with van der Waals surface area (Å²) in [6, 6.07) is 7.97. The molecule has 106 valence electrons. The van der Waals surface area contributed by atoms with Crippen LogP contribution in [-0.2, 0) is 16.0 Å². The standard InChI is InChI=1S/C16H18O4/c17-15(18)16(8-11-5-6-14(16)20-11)9-12-7-10-3-1-2-4-13(10)19-12/h1-4,11-12,14H,5-9H2,(H,17,18). The Bertz CT molecular complexity index is 530. The summed E-state index contributed by atoms with van der Waals surface area (Å²) in [4.78, 5) is 11.8. The first-order valence-electron chi connectivity index (χ1n) is 7.31. The molecule has 0 aromatic heterocycles. The number of hydrogen-bond donors (Lipinski definition) is 1. The third-order valence-corrected chi connectivity index (χ3v) is 5.05. The summed E-state index contributed by atoms with van der Waals surface area (Å²) >= 11 is 0. The van der Waals surface area contributed by atoms with E-state index < -0.39 is 11.4 Å². The molecule has 1 aromatic rings. The molecule has 4 atom stereocenters. The van der Waals surface area contributed by atoms with Crippen LogP contribution in [0.5, 0.6) is 5.75 Å². The van der Waals surface area contributed by atoms with Crippen LogP contribution >= 0.6 is 0 Å². The first kappa shape index (κ1) is 12.2. The second kappa shape index (κ2) is 4.22. The van der Waals surface area contributed by atoms with Gasteiger partial charge in [0.15, 0.2) is 0 Å². The molecule has 0 saturated carbocycles. The van der Waals surface area contributed by atoms with Gasteiger partial charge in [-0.3, -0.25) is 4.79 Å². The van der Waals surface area contributed by atoms with Crippen LogP contribution in [0.4, 0.5) is 0 Å². The second-order valence-electron chi connectivity index (χ2n) is 6.25. The molecule has 0 aliphatic carbocycles. The first-order valence-corrected chi connectivity index (χ1v) is 7.31. The van der Waals surface area contributed by atoms with Gasteiger partial charge in [0.2, 0.25) is 0 Å². The Balaban J connectivity index is 1.55. The van der Waals surface area contributed by atoms with Gasteiger partial charge in [0.05, 0.1) is 17.6 Å². The number of carboxylic acid groups (broad SMARTS) is 1. The molecule has 4 nitrogen and oxygen atoms in total. The van der Waals surface area contributed by atoms with Crippen molar-refractivity contribution in [2.45, 2.75) is 50.4 Å². The molecule has 3 aliphatic rings. The molecule has 0 radical (unpaired) electrons. The summed E-state index contributed by atoms with van der Waals surface area (Å²) in [6.45, 7) is 0. The Morgan fingerprint density at radius 1 is 1.35 bits per heavy atom. The predicted octanol–water partition coefficient (Wildman–Crippen LogP) is 2.40. The fourth-order valence-electron chi connectivity index (χ4n) is 4.10. The van der Waals surface area contributed by atoms with Crippen molar-refractivity contribution in [1.82, 2.24) is 0 Å². The lowest BCUT2D eigenvalue weighted by Gasteiger charge is -2.32. The summed E-state index contributed by atoms with van der Waals surface area (Å²) in [5, 5.41) is 9.73. The minimum atomic E-state index is -0.740. The van der Waals surface area contributed by atoms with Gasteiger partial charge < -0.3 is 14.6 Å². The van der Waals surface area contributed by atoms with E-state index in [-0.39, 0.29) is 18.3 Å². The van der Waals surface area contributed by atoms with Crippen molar-refractivity contribution in [3.63, 3.8) is 0 Å². The van der Waals surface area contributed by atoms with Crippen LogP contribution in [0, 0.1) is 5.41 Å². The lowest BCUT2D eigenvalue weighted by molar-refractivity contribution is -0.154. The number of aliphatic carboxylic acids is 1. The molecule has 0 amide bonds. The highest BCUT2D eigenvalue weighted by Crippen LogP contribution is 2.51. The van der Waals surface area contributed by atoms with Crippen LogP contribution in [0.15, 0.2) is 24.3 Å². The van der Waals surface area contributed by atoms with Crippen molar-refractivity contribution < 1.29 is 19.4 Å². The molecule has 4 heteroatoms. The SMILES string of the molecule is O=C(O)C1(CC2Cc3ccccc3O2)CC2CCC1O2. The summed E-state index contributed by atoms with van der Waals surface area (Å²) in [5.41, 5.74) is 0.442. The van der Waals surface area contributed by atoms with Gasteiger partial charge in [-0.05, 0) is 30.9 Å². The molecule has 4 unspecified atom stereocenters.